The van der Waals surface area contributed by atoms with Gasteiger partial charge < -0.3 is 31.1 Å². The number of carbonyl (C=O) groups excluding carboxylic acids is 1. The van der Waals surface area contributed by atoms with E-state index in [1.165, 1.54) is 12.1 Å². The first kappa shape index (κ1) is 28.1. The van der Waals surface area contributed by atoms with Crippen LogP contribution in [0.2, 0.25) is 0 Å². The smallest absolute Gasteiger partial charge is 0.323 e. The molecule has 2 aromatic carbocycles. The number of carbonyl (C=O) groups is 2. The van der Waals surface area contributed by atoms with E-state index in [0.29, 0.717) is 18.8 Å². The zero-order valence-electron chi connectivity index (χ0n) is 21.1. The van der Waals surface area contributed by atoms with Crippen molar-refractivity contribution < 1.29 is 32.6 Å². The topological polar surface area (TPSA) is 172 Å². The Morgan fingerprint density at radius 2 is 1.95 bits per heavy atom. The third-order valence-electron chi connectivity index (χ3n) is 6.42. The first-order valence-corrected chi connectivity index (χ1v) is 14.0. The first-order chi connectivity index (χ1) is 18.6. The van der Waals surface area contributed by atoms with E-state index in [0.717, 1.165) is 68.6 Å². The van der Waals surface area contributed by atoms with E-state index >= 15 is 4.39 Å². The van der Waals surface area contributed by atoms with Gasteiger partial charge in [0.15, 0.2) is 5.96 Å². The van der Waals surface area contributed by atoms with Gasteiger partial charge in [-0.15, -0.1) is 0 Å². The molecule has 2 aliphatic heterocycles. The van der Waals surface area contributed by atoms with E-state index < -0.39 is 40.3 Å². The van der Waals surface area contributed by atoms with Crippen molar-refractivity contribution in [1.29, 1.82) is 0 Å². The van der Waals surface area contributed by atoms with Crippen LogP contribution in [0.5, 0.6) is 5.75 Å². The second-order valence-electron chi connectivity index (χ2n) is 9.32. The van der Waals surface area contributed by atoms with E-state index in [4.69, 9.17) is 0 Å². The summed E-state index contributed by atoms with van der Waals surface area (Å²) in [6.45, 7) is 2.26. The summed E-state index contributed by atoms with van der Waals surface area (Å²) in [5.74, 6) is -2.26. The van der Waals surface area contributed by atoms with Crippen molar-refractivity contribution in [3.8, 4) is 5.75 Å². The summed E-state index contributed by atoms with van der Waals surface area (Å²) in [4.78, 5) is 30.3. The molecule has 14 heteroatoms. The van der Waals surface area contributed by atoms with E-state index in [2.05, 4.69) is 20.9 Å². The van der Waals surface area contributed by atoms with Crippen molar-refractivity contribution in [3.05, 3.63) is 53.8 Å². The average Bonchev–Trinajstić information content (AvgIpc) is 2.91. The molecule has 1 amide bonds. The number of nitrogens with one attached hydrogen (secondary N) is 4. The number of sulfonamides is 1. The molecule has 2 aliphatic rings. The number of phenolic OH excluding ortho intramolecular Hbond substituents is 1. The highest BCUT2D eigenvalue weighted by molar-refractivity contribution is 7.89. The molecule has 210 valence electrons. The number of hydrogen-bond donors (Lipinski definition) is 6. The van der Waals surface area contributed by atoms with Gasteiger partial charge in [0.2, 0.25) is 10.0 Å². The highest BCUT2D eigenvalue weighted by Crippen LogP contribution is 2.24. The molecule has 1 fully saturated rings. The zero-order valence-corrected chi connectivity index (χ0v) is 21.9. The Kier molecular flexibility index (Phi) is 8.86. The van der Waals surface area contributed by atoms with Crippen LogP contribution in [0.15, 0.2) is 52.4 Å². The molecule has 12 nitrogen and oxygen atoms in total. The molecule has 0 aliphatic carbocycles. The number of rotatable bonds is 9. The number of guanidine groups is 1. The average molecular weight is 563 g/mol. The Labute approximate surface area is 225 Å². The van der Waals surface area contributed by atoms with E-state index in [1.807, 2.05) is 9.62 Å². The van der Waals surface area contributed by atoms with Crippen molar-refractivity contribution in [2.24, 2.45) is 4.99 Å². The Bertz CT molecular complexity index is 1340. The molecule has 2 heterocycles. The predicted octanol–water partition coefficient (Wildman–Crippen LogP) is 0.601. The fourth-order valence-corrected chi connectivity index (χ4v) is 5.59. The van der Waals surface area contributed by atoms with Gasteiger partial charge in [0.05, 0.1) is 10.6 Å². The SMILES string of the molecule is O=C(NCC(NS(=O)(=O)c1ccc(O)cc1)C(=O)O)c1ccc(N2CCCC(NC3=NCCCN3)C2)c(F)c1. The van der Waals surface area contributed by atoms with Crippen LogP contribution in [0.25, 0.3) is 0 Å². The van der Waals surface area contributed by atoms with Gasteiger partial charge in [-0.2, -0.15) is 4.72 Å². The van der Waals surface area contributed by atoms with Gasteiger partial charge in [0, 0.05) is 44.3 Å². The number of anilines is 1. The summed E-state index contributed by atoms with van der Waals surface area (Å²) in [6, 6.07) is 6.94. The summed E-state index contributed by atoms with van der Waals surface area (Å²) in [7, 11) is -4.25. The molecule has 0 bridgehead atoms. The molecule has 6 N–H and O–H groups in total. The van der Waals surface area contributed by atoms with Crippen molar-refractivity contribution in [3.63, 3.8) is 0 Å². The highest BCUT2D eigenvalue weighted by atomic mass is 32.2. The second-order valence-corrected chi connectivity index (χ2v) is 11.0. The molecule has 4 rings (SSSR count). The van der Waals surface area contributed by atoms with Gasteiger partial charge in [-0.05, 0) is 61.7 Å². The molecule has 2 unspecified atom stereocenters. The fourth-order valence-electron chi connectivity index (χ4n) is 4.40. The number of phenols is 1. The Morgan fingerprint density at radius 3 is 2.62 bits per heavy atom. The van der Waals surface area contributed by atoms with Crippen molar-refractivity contribution >= 4 is 33.5 Å². The molecule has 0 spiro atoms. The molecular weight excluding hydrogens is 531 g/mol. The summed E-state index contributed by atoms with van der Waals surface area (Å²) in [6.07, 6.45) is 2.75. The minimum Gasteiger partial charge on any atom is -0.508 e. The van der Waals surface area contributed by atoms with Crippen LogP contribution in [0, 0.1) is 5.82 Å². The normalized spacial score (nSPS) is 18.4. The second kappa shape index (κ2) is 12.3. The number of aliphatic imine (C=N–C) groups is 1. The maximum atomic E-state index is 15.1. The summed E-state index contributed by atoms with van der Waals surface area (Å²) in [5.41, 5.74) is 0.316. The molecule has 0 aromatic heterocycles. The van der Waals surface area contributed by atoms with Crippen molar-refractivity contribution in [2.75, 3.05) is 37.6 Å². The lowest BCUT2D eigenvalue weighted by atomic mass is 10.0. The lowest BCUT2D eigenvalue weighted by Gasteiger charge is -2.36. The number of aromatic hydroxyl groups is 1. The third-order valence-corrected chi connectivity index (χ3v) is 7.91. The van der Waals surface area contributed by atoms with E-state index in [-0.39, 0.29) is 22.3 Å². The Morgan fingerprint density at radius 1 is 1.18 bits per heavy atom. The van der Waals surface area contributed by atoms with Crippen molar-refractivity contribution in [2.45, 2.75) is 36.2 Å². The number of halogens is 1. The molecule has 0 radical (unpaired) electrons. The lowest BCUT2D eigenvalue weighted by Crippen LogP contribution is -2.52. The quantitative estimate of drug-likeness (QED) is 0.256. The van der Waals surface area contributed by atoms with E-state index in [1.54, 1.807) is 0 Å². The molecule has 2 aromatic rings. The zero-order chi connectivity index (χ0) is 28.0. The van der Waals surface area contributed by atoms with Crippen LogP contribution >= 0.6 is 0 Å². The van der Waals surface area contributed by atoms with Gasteiger partial charge >= 0.3 is 5.97 Å². The monoisotopic (exact) mass is 562 g/mol. The van der Waals surface area contributed by atoms with Gasteiger partial charge in [-0.3, -0.25) is 14.6 Å². The third kappa shape index (κ3) is 7.35. The largest absolute Gasteiger partial charge is 0.508 e. The van der Waals surface area contributed by atoms with Gasteiger partial charge in [0.25, 0.3) is 5.91 Å². The Hall–Kier alpha value is -3.91. The highest BCUT2D eigenvalue weighted by Gasteiger charge is 2.27. The molecule has 39 heavy (non-hydrogen) atoms. The minimum absolute atomic E-state index is 0.0331. The number of benzene rings is 2. The van der Waals surface area contributed by atoms with Gasteiger partial charge in [-0.1, -0.05) is 0 Å². The number of piperidine rings is 1. The first-order valence-electron chi connectivity index (χ1n) is 12.5. The standard InChI is InChI=1S/C25H31FN6O6S/c26-20-13-16(4-9-22(20)32-12-1-3-17(15-32)30-25-27-10-2-11-28-25)23(34)29-14-21(24(35)36)31-39(37,38)19-7-5-18(33)6-8-19/h4-9,13,17,21,31,33H,1-3,10-12,14-15H2,(H,29,34)(H,35,36)(H2,27,28,30). The summed E-state index contributed by atoms with van der Waals surface area (Å²) >= 11 is 0. The number of nitrogens with zero attached hydrogens (tertiary/aromatic N) is 2. The predicted molar refractivity (Wildman–Crippen MR) is 142 cm³/mol. The van der Waals surface area contributed by atoms with Crippen LogP contribution < -0.4 is 25.6 Å². The number of carboxylic acid groups (broad SMARTS) is 1. The molecule has 1 saturated heterocycles. The Balaban J connectivity index is 1.36. The summed E-state index contributed by atoms with van der Waals surface area (Å²) in [5, 5.41) is 27.7. The van der Waals surface area contributed by atoms with Crippen LogP contribution in [0.3, 0.4) is 0 Å². The van der Waals surface area contributed by atoms with Gasteiger partial charge in [-0.25, -0.2) is 12.8 Å². The number of aliphatic carboxylic acids is 1. The van der Waals surface area contributed by atoms with Crippen LogP contribution in [0.4, 0.5) is 10.1 Å². The molecular formula is C25H31FN6O6S. The minimum atomic E-state index is -4.25. The number of carboxylic acids is 1. The van der Waals surface area contributed by atoms with Crippen molar-refractivity contribution in [1.82, 2.24) is 20.7 Å². The molecule has 0 saturated carbocycles. The fraction of sp³-hybridized carbons (Fsp3) is 0.400. The lowest BCUT2D eigenvalue weighted by molar-refractivity contribution is -0.138. The summed E-state index contributed by atoms with van der Waals surface area (Å²) < 4.78 is 42.1. The van der Waals surface area contributed by atoms with Crippen LogP contribution in [-0.4, -0.2) is 81.3 Å². The molecule has 2 atom stereocenters. The van der Waals surface area contributed by atoms with Gasteiger partial charge in [0.1, 0.15) is 17.6 Å². The maximum Gasteiger partial charge on any atom is 0.323 e. The van der Waals surface area contributed by atoms with E-state index in [9.17, 15) is 28.2 Å². The maximum absolute atomic E-state index is 15.1. The van der Waals surface area contributed by atoms with Crippen LogP contribution in [-0.2, 0) is 14.8 Å². The number of hydrogen-bond acceptors (Lipinski definition) is 9. The number of amides is 1. The van der Waals surface area contributed by atoms with Crippen LogP contribution in [0.1, 0.15) is 29.6 Å².